The third-order valence-electron chi connectivity index (χ3n) is 1.54. The molecule has 1 nitrogen and oxygen atoms in total. The van der Waals surface area contributed by atoms with Crippen molar-refractivity contribution in [3.8, 4) is 0 Å². The van der Waals surface area contributed by atoms with Crippen LogP contribution in [-0.4, -0.2) is 4.21 Å². The smallest absolute Gasteiger partial charge is 0.0775 e. The lowest BCUT2D eigenvalue weighted by Gasteiger charge is -1.93. The van der Waals surface area contributed by atoms with Gasteiger partial charge in [-0.3, -0.25) is 0 Å². The van der Waals surface area contributed by atoms with E-state index in [9.17, 15) is 4.21 Å². The van der Waals surface area contributed by atoms with Crippen molar-refractivity contribution < 1.29 is 4.21 Å². The van der Waals surface area contributed by atoms with Crippen molar-refractivity contribution in [2.24, 2.45) is 0 Å². The number of rotatable bonds is 4. The Kier molecular flexibility index (Phi) is 4.65. The number of allylic oxidation sites excluding steroid dienone is 4. The van der Waals surface area contributed by atoms with Gasteiger partial charge in [0.25, 0.3) is 0 Å². The van der Waals surface area contributed by atoms with Gasteiger partial charge in [0.1, 0.15) is 0 Å². The summed E-state index contributed by atoms with van der Waals surface area (Å²) < 4.78 is 11.6. The monoisotopic (exact) mass is 204 g/mol. The molecule has 0 saturated heterocycles. The van der Waals surface area contributed by atoms with E-state index in [1.54, 1.807) is 29.7 Å². The Hall–Kier alpha value is -1.41. The van der Waals surface area contributed by atoms with E-state index in [1.807, 2.05) is 30.3 Å². The van der Waals surface area contributed by atoms with Crippen LogP contribution in [0.4, 0.5) is 0 Å². The Morgan fingerprint density at radius 2 is 1.79 bits per heavy atom. The second-order valence-electron chi connectivity index (χ2n) is 2.56. The summed E-state index contributed by atoms with van der Waals surface area (Å²) >= 11 is 0. The zero-order valence-electron chi connectivity index (χ0n) is 7.80. The van der Waals surface area contributed by atoms with E-state index < -0.39 is 10.8 Å². The van der Waals surface area contributed by atoms with Gasteiger partial charge in [-0.25, -0.2) is 4.21 Å². The Labute approximate surface area is 86.9 Å². The normalized spacial score (nSPS) is 13.4. The van der Waals surface area contributed by atoms with Crippen LogP contribution in [0.2, 0.25) is 0 Å². The maximum absolute atomic E-state index is 11.6. The molecule has 0 radical (unpaired) electrons. The first-order chi connectivity index (χ1) is 6.84. The summed E-state index contributed by atoms with van der Waals surface area (Å²) in [7, 11) is -1.05. The van der Waals surface area contributed by atoms with Crippen LogP contribution in [0.1, 0.15) is 0 Å². The third kappa shape index (κ3) is 3.54. The van der Waals surface area contributed by atoms with Gasteiger partial charge in [0.2, 0.25) is 0 Å². The van der Waals surface area contributed by atoms with E-state index >= 15 is 0 Å². The molecule has 0 fully saturated rings. The summed E-state index contributed by atoms with van der Waals surface area (Å²) in [5, 5.41) is 1.65. The molecular formula is C12H12OS. The molecule has 1 unspecified atom stereocenters. The molecule has 0 aliphatic carbocycles. The van der Waals surface area contributed by atoms with Gasteiger partial charge in [0, 0.05) is 10.3 Å². The van der Waals surface area contributed by atoms with E-state index in [0.29, 0.717) is 0 Å². The average molecular weight is 204 g/mol. The van der Waals surface area contributed by atoms with Gasteiger partial charge in [-0.15, -0.1) is 0 Å². The maximum atomic E-state index is 11.6. The first kappa shape index (κ1) is 10.7. The molecule has 0 aromatic heterocycles. The standard InChI is InChI=1S/C12H12OS/c1-2-3-4-8-11-14(13)12-9-6-5-7-10-12/h2-11H,1H2/b4-3-,11-8+. The molecular weight excluding hydrogens is 192 g/mol. The summed E-state index contributed by atoms with van der Waals surface area (Å²) in [4.78, 5) is 0.816. The molecule has 0 aliphatic heterocycles. The Bertz CT molecular complexity index is 363. The zero-order chi connectivity index (χ0) is 10.2. The molecule has 1 rings (SSSR count). The molecule has 0 amide bonds. The molecule has 14 heavy (non-hydrogen) atoms. The van der Waals surface area contributed by atoms with E-state index in [4.69, 9.17) is 0 Å². The van der Waals surface area contributed by atoms with Gasteiger partial charge in [-0.1, -0.05) is 49.1 Å². The van der Waals surface area contributed by atoms with Crippen molar-refractivity contribution in [2.45, 2.75) is 4.90 Å². The fourth-order valence-electron chi connectivity index (χ4n) is 0.893. The Balaban J connectivity index is 2.64. The predicted molar refractivity (Wildman–Crippen MR) is 61.3 cm³/mol. The van der Waals surface area contributed by atoms with Crippen LogP contribution in [0.15, 0.2) is 71.5 Å². The molecule has 0 N–H and O–H groups in total. The van der Waals surface area contributed by atoms with E-state index in [2.05, 4.69) is 6.58 Å². The van der Waals surface area contributed by atoms with E-state index in [-0.39, 0.29) is 0 Å². The van der Waals surface area contributed by atoms with Gasteiger partial charge < -0.3 is 0 Å². The molecule has 1 aromatic carbocycles. The second kappa shape index (κ2) is 6.11. The minimum Gasteiger partial charge on any atom is -0.250 e. The number of hydrogen-bond acceptors (Lipinski definition) is 1. The van der Waals surface area contributed by atoms with Crippen molar-refractivity contribution in [2.75, 3.05) is 0 Å². The van der Waals surface area contributed by atoms with Crippen LogP contribution in [0, 0.1) is 0 Å². The molecule has 0 aliphatic rings. The van der Waals surface area contributed by atoms with Crippen LogP contribution >= 0.6 is 0 Å². The molecule has 0 bridgehead atoms. The Morgan fingerprint density at radius 3 is 2.43 bits per heavy atom. The summed E-state index contributed by atoms with van der Waals surface area (Å²) in [6, 6.07) is 9.35. The van der Waals surface area contributed by atoms with Crippen molar-refractivity contribution in [3.05, 3.63) is 66.6 Å². The average Bonchev–Trinajstić information content (AvgIpc) is 2.25. The lowest BCUT2D eigenvalue weighted by Crippen LogP contribution is -1.83. The van der Waals surface area contributed by atoms with Crippen molar-refractivity contribution in [1.29, 1.82) is 0 Å². The van der Waals surface area contributed by atoms with Crippen LogP contribution in [-0.2, 0) is 10.8 Å². The minimum absolute atomic E-state index is 0.816. The van der Waals surface area contributed by atoms with Crippen molar-refractivity contribution in [1.82, 2.24) is 0 Å². The first-order valence-electron chi connectivity index (χ1n) is 4.26. The van der Waals surface area contributed by atoms with Gasteiger partial charge in [0.05, 0.1) is 10.8 Å². The van der Waals surface area contributed by atoms with E-state index in [1.165, 1.54) is 0 Å². The highest BCUT2D eigenvalue weighted by Gasteiger charge is 1.95. The predicted octanol–water partition coefficient (Wildman–Crippen LogP) is 3.05. The van der Waals surface area contributed by atoms with Gasteiger partial charge in [-0.05, 0) is 12.1 Å². The number of benzene rings is 1. The molecule has 1 aromatic rings. The fourth-order valence-corrected chi connectivity index (χ4v) is 1.71. The molecule has 2 heteroatoms. The first-order valence-corrected chi connectivity index (χ1v) is 5.47. The molecule has 0 heterocycles. The van der Waals surface area contributed by atoms with Crippen molar-refractivity contribution >= 4 is 10.8 Å². The zero-order valence-corrected chi connectivity index (χ0v) is 8.61. The highest BCUT2D eigenvalue weighted by atomic mass is 32.2. The maximum Gasteiger partial charge on any atom is 0.0775 e. The van der Waals surface area contributed by atoms with Gasteiger partial charge >= 0.3 is 0 Å². The van der Waals surface area contributed by atoms with Crippen LogP contribution in [0.3, 0.4) is 0 Å². The molecule has 1 atom stereocenters. The quantitative estimate of drug-likeness (QED) is 0.689. The molecule has 0 spiro atoms. The SMILES string of the molecule is C=C/C=C\C=C\S(=O)c1ccccc1. The number of hydrogen-bond donors (Lipinski definition) is 0. The summed E-state index contributed by atoms with van der Waals surface area (Å²) in [6.45, 7) is 3.54. The van der Waals surface area contributed by atoms with Crippen LogP contribution in [0.25, 0.3) is 0 Å². The fraction of sp³-hybridized carbons (Fsp3) is 0. The lowest BCUT2D eigenvalue weighted by molar-refractivity contribution is 0.688. The molecule has 72 valence electrons. The van der Waals surface area contributed by atoms with E-state index in [0.717, 1.165) is 4.90 Å². The Morgan fingerprint density at radius 1 is 1.07 bits per heavy atom. The van der Waals surface area contributed by atoms with Gasteiger partial charge in [-0.2, -0.15) is 0 Å². The van der Waals surface area contributed by atoms with Gasteiger partial charge in [0.15, 0.2) is 0 Å². The second-order valence-corrected chi connectivity index (χ2v) is 3.90. The minimum atomic E-state index is -1.05. The third-order valence-corrected chi connectivity index (χ3v) is 2.68. The highest BCUT2D eigenvalue weighted by molar-refractivity contribution is 7.88. The molecule has 0 saturated carbocycles. The lowest BCUT2D eigenvalue weighted by atomic mass is 10.4. The summed E-state index contributed by atoms with van der Waals surface area (Å²) in [5.74, 6) is 0. The summed E-state index contributed by atoms with van der Waals surface area (Å²) in [5.41, 5.74) is 0. The summed E-state index contributed by atoms with van der Waals surface area (Å²) in [6.07, 6.45) is 7.02. The van der Waals surface area contributed by atoms with Crippen molar-refractivity contribution in [3.63, 3.8) is 0 Å². The largest absolute Gasteiger partial charge is 0.250 e. The topological polar surface area (TPSA) is 17.1 Å². The van der Waals surface area contributed by atoms with Crippen LogP contribution in [0.5, 0.6) is 0 Å². The highest BCUT2D eigenvalue weighted by Crippen LogP contribution is 2.06. The van der Waals surface area contributed by atoms with Crippen LogP contribution < -0.4 is 0 Å².